The standard InChI is InChI=1S/C17H19ClN2O3/c1-9-6-20(7-10(2)22-9)16-12(8-21)5-13-15(11-3-4-11)19-23-17(13)14(16)18/h5,8-11H,3-4,6-7H2,1-2H3/t9-,10+. The highest BCUT2D eigenvalue weighted by atomic mass is 35.5. The number of anilines is 1. The third-order valence-corrected chi connectivity index (χ3v) is 4.91. The van der Waals surface area contributed by atoms with E-state index in [-0.39, 0.29) is 12.2 Å². The zero-order valence-electron chi connectivity index (χ0n) is 13.2. The Bertz CT molecular complexity index is 759. The zero-order valence-corrected chi connectivity index (χ0v) is 14.0. The van der Waals surface area contributed by atoms with Gasteiger partial charge in [0.25, 0.3) is 0 Å². The second-order valence-electron chi connectivity index (χ2n) is 6.63. The highest BCUT2D eigenvalue weighted by Gasteiger charge is 2.32. The maximum atomic E-state index is 11.7. The van der Waals surface area contributed by atoms with Gasteiger partial charge in [0.05, 0.1) is 23.6 Å². The van der Waals surface area contributed by atoms with Gasteiger partial charge in [-0.1, -0.05) is 16.8 Å². The number of carbonyl (C=O) groups is 1. The molecule has 2 aromatic rings. The number of fused-ring (bicyclic) bond motifs is 1. The lowest BCUT2D eigenvalue weighted by atomic mass is 10.1. The number of benzene rings is 1. The van der Waals surface area contributed by atoms with Crippen LogP contribution in [-0.2, 0) is 4.74 Å². The summed E-state index contributed by atoms with van der Waals surface area (Å²) in [4.78, 5) is 13.8. The summed E-state index contributed by atoms with van der Waals surface area (Å²) in [5.74, 6) is 0.445. The van der Waals surface area contributed by atoms with Crippen molar-refractivity contribution in [3.8, 4) is 0 Å². The topological polar surface area (TPSA) is 55.6 Å². The summed E-state index contributed by atoms with van der Waals surface area (Å²) in [6.45, 7) is 5.44. The third-order valence-electron chi connectivity index (χ3n) is 4.56. The van der Waals surface area contributed by atoms with Crippen LogP contribution in [0, 0.1) is 0 Å². The van der Waals surface area contributed by atoms with Crippen LogP contribution in [0.5, 0.6) is 0 Å². The monoisotopic (exact) mass is 334 g/mol. The average molecular weight is 335 g/mol. The number of nitrogens with zero attached hydrogens (tertiary/aromatic N) is 2. The summed E-state index contributed by atoms with van der Waals surface area (Å²) in [6, 6.07) is 1.87. The Morgan fingerprint density at radius 3 is 2.61 bits per heavy atom. The molecule has 1 aromatic carbocycles. The smallest absolute Gasteiger partial charge is 0.187 e. The van der Waals surface area contributed by atoms with E-state index in [2.05, 4.69) is 10.1 Å². The van der Waals surface area contributed by atoms with Crippen LogP contribution in [0.15, 0.2) is 10.6 Å². The molecule has 0 N–H and O–H groups in total. The Kier molecular flexibility index (Phi) is 3.58. The number of aldehydes is 1. The van der Waals surface area contributed by atoms with Crippen molar-refractivity contribution in [1.82, 2.24) is 5.16 Å². The molecule has 1 aliphatic heterocycles. The van der Waals surface area contributed by atoms with Gasteiger partial charge in [0.15, 0.2) is 11.9 Å². The van der Waals surface area contributed by atoms with Gasteiger partial charge >= 0.3 is 0 Å². The van der Waals surface area contributed by atoms with Crippen LogP contribution in [0.2, 0.25) is 5.02 Å². The van der Waals surface area contributed by atoms with Crippen molar-refractivity contribution < 1.29 is 14.1 Å². The molecule has 23 heavy (non-hydrogen) atoms. The predicted molar refractivity (Wildman–Crippen MR) is 88.6 cm³/mol. The van der Waals surface area contributed by atoms with E-state index in [1.807, 2.05) is 19.9 Å². The van der Waals surface area contributed by atoms with Gasteiger partial charge in [0.1, 0.15) is 5.02 Å². The molecule has 0 unspecified atom stereocenters. The Morgan fingerprint density at radius 2 is 2.00 bits per heavy atom. The largest absolute Gasteiger partial charge is 0.372 e. The first-order valence-electron chi connectivity index (χ1n) is 8.05. The third kappa shape index (κ3) is 2.52. The molecule has 1 saturated heterocycles. The molecule has 1 aromatic heterocycles. The average Bonchev–Trinajstić information content (AvgIpc) is 3.25. The minimum absolute atomic E-state index is 0.0850. The van der Waals surface area contributed by atoms with Crippen LogP contribution in [0.1, 0.15) is 48.7 Å². The molecule has 122 valence electrons. The number of halogens is 1. The molecule has 0 radical (unpaired) electrons. The van der Waals surface area contributed by atoms with Gasteiger partial charge in [-0.3, -0.25) is 4.79 Å². The summed E-state index contributed by atoms with van der Waals surface area (Å²) in [7, 11) is 0. The number of morpholine rings is 1. The fraction of sp³-hybridized carbons (Fsp3) is 0.529. The molecule has 0 spiro atoms. The number of aromatic nitrogens is 1. The van der Waals surface area contributed by atoms with Crippen molar-refractivity contribution >= 4 is 34.5 Å². The van der Waals surface area contributed by atoms with Crippen LogP contribution >= 0.6 is 11.6 Å². The quantitative estimate of drug-likeness (QED) is 0.799. The molecule has 2 aliphatic rings. The molecule has 0 bridgehead atoms. The first kappa shape index (κ1) is 15.0. The molecule has 0 amide bonds. The summed E-state index contributed by atoms with van der Waals surface area (Å²) < 4.78 is 11.3. The first-order chi connectivity index (χ1) is 11.1. The van der Waals surface area contributed by atoms with E-state index in [0.717, 1.165) is 35.9 Å². The second kappa shape index (κ2) is 5.49. The molecule has 1 aliphatic carbocycles. The van der Waals surface area contributed by atoms with Gasteiger partial charge in [0.2, 0.25) is 0 Å². The van der Waals surface area contributed by atoms with E-state index in [4.69, 9.17) is 20.9 Å². The molecule has 2 atom stereocenters. The second-order valence-corrected chi connectivity index (χ2v) is 7.01. The number of hydrogen-bond donors (Lipinski definition) is 0. The number of rotatable bonds is 3. The summed E-state index contributed by atoms with van der Waals surface area (Å²) in [5, 5.41) is 5.54. The molecule has 2 heterocycles. The van der Waals surface area contributed by atoms with Gasteiger partial charge in [-0.15, -0.1) is 0 Å². The Morgan fingerprint density at radius 1 is 1.30 bits per heavy atom. The Hall–Kier alpha value is -1.59. The van der Waals surface area contributed by atoms with Crippen molar-refractivity contribution in [3.05, 3.63) is 22.3 Å². The number of ether oxygens (including phenoxy) is 1. The highest BCUT2D eigenvalue weighted by Crippen LogP contribution is 2.46. The van der Waals surface area contributed by atoms with Crippen LogP contribution in [0.3, 0.4) is 0 Å². The molecule has 2 fully saturated rings. The van der Waals surface area contributed by atoms with Crippen molar-refractivity contribution in [2.24, 2.45) is 0 Å². The van der Waals surface area contributed by atoms with Gasteiger partial charge in [0, 0.05) is 30.0 Å². The molecule has 1 saturated carbocycles. The van der Waals surface area contributed by atoms with E-state index in [0.29, 0.717) is 35.2 Å². The zero-order chi connectivity index (χ0) is 16.1. The number of hydrogen-bond acceptors (Lipinski definition) is 5. The molecule has 4 rings (SSSR count). The van der Waals surface area contributed by atoms with Gasteiger partial charge in [-0.25, -0.2) is 0 Å². The summed E-state index contributed by atoms with van der Waals surface area (Å²) >= 11 is 6.62. The Balaban J connectivity index is 1.85. The SMILES string of the molecule is C[C@@H]1CN(c2c(C=O)cc3c(C4CC4)noc3c2Cl)C[C@H](C)O1. The minimum atomic E-state index is 0.0850. The summed E-state index contributed by atoms with van der Waals surface area (Å²) in [5.41, 5.74) is 2.84. The fourth-order valence-corrected chi connectivity index (χ4v) is 3.85. The van der Waals surface area contributed by atoms with E-state index >= 15 is 0 Å². The van der Waals surface area contributed by atoms with Crippen LogP contribution < -0.4 is 4.90 Å². The van der Waals surface area contributed by atoms with E-state index in [1.54, 1.807) is 0 Å². The fourth-order valence-electron chi connectivity index (χ4n) is 3.49. The lowest BCUT2D eigenvalue weighted by Crippen LogP contribution is -2.46. The lowest BCUT2D eigenvalue weighted by Gasteiger charge is -2.37. The van der Waals surface area contributed by atoms with Gasteiger partial charge in [-0.2, -0.15) is 0 Å². The lowest BCUT2D eigenvalue weighted by molar-refractivity contribution is -0.00524. The van der Waals surface area contributed by atoms with Crippen LogP contribution in [-0.4, -0.2) is 36.7 Å². The van der Waals surface area contributed by atoms with Gasteiger partial charge in [-0.05, 0) is 32.8 Å². The van der Waals surface area contributed by atoms with E-state index in [9.17, 15) is 4.79 Å². The Labute approximate surface area is 139 Å². The van der Waals surface area contributed by atoms with Gasteiger partial charge < -0.3 is 14.2 Å². The maximum absolute atomic E-state index is 11.7. The maximum Gasteiger partial charge on any atom is 0.187 e. The molecule has 5 nitrogen and oxygen atoms in total. The van der Waals surface area contributed by atoms with E-state index < -0.39 is 0 Å². The summed E-state index contributed by atoms with van der Waals surface area (Å²) in [6.07, 6.45) is 3.28. The van der Waals surface area contributed by atoms with E-state index in [1.165, 1.54) is 0 Å². The van der Waals surface area contributed by atoms with Crippen molar-refractivity contribution in [2.75, 3.05) is 18.0 Å². The first-order valence-corrected chi connectivity index (χ1v) is 8.43. The molecular formula is C17H19ClN2O3. The molecule has 6 heteroatoms. The predicted octanol–water partition coefficient (Wildman–Crippen LogP) is 3.78. The van der Waals surface area contributed by atoms with Crippen molar-refractivity contribution in [3.63, 3.8) is 0 Å². The minimum Gasteiger partial charge on any atom is -0.372 e. The van der Waals surface area contributed by atoms with Crippen LogP contribution in [0.4, 0.5) is 5.69 Å². The normalized spacial score (nSPS) is 25.1. The van der Waals surface area contributed by atoms with Crippen LogP contribution in [0.25, 0.3) is 11.0 Å². The van der Waals surface area contributed by atoms with Crippen molar-refractivity contribution in [2.45, 2.75) is 44.8 Å². The highest BCUT2D eigenvalue weighted by molar-refractivity contribution is 6.38. The van der Waals surface area contributed by atoms with Crippen molar-refractivity contribution in [1.29, 1.82) is 0 Å². The number of carbonyl (C=O) groups excluding carboxylic acids is 1. The molecular weight excluding hydrogens is 316 g/mol.